The molecule has 1 aromatic rings. The molecule has 0 spiro atoms. The fourth-order valence-electron chi connectivity index (χ4n) is 2.41. The molecule has 1 aliphatic heterocycles. The van der Waals surface area contributed by atoms with Crippen molar-refractivity contribution < 1.29 is 4.79 Å². The van der Waals surface area contributed by atoms with Gasteiger partial charge in [0.1, 0.15) is 0 Å². The maximum absolute atomic E-state index is 11.4. The van der Waals surface area contributed by atoms with Crippen LogP contribution >= 0.6 is 0 Å². The van der Waals surface area contributed by atoms with Gasteiger partial charge in [0.25, 0.3) is 0 Å². The summed E-state index contributed by atoms with van der Waals surface area (Å²) in [7, 11) is 1.93. The third kappa shape index (κ3) is 3.33. The van der Waals surface area contributed by atoms with Crippen molar-refractivity contribution >= 4 is 11.6 Å². The molecule has 19 heavy (non-hydrogen) atoms. The minimum Gasteiger partial charge on any atom is -0.326 e. The average Bonchev–Trinajstić information content (AvgIpc) is 2.38. The van der Waals surface area contributed by atoms with Crippen LogP contribution in [-0.2, 0) is 16.6 Å². The quantitative estimate of drug-likeness (QED) is 0.557. The van der Waals surface area contributed by atoms with E-state index < -0.39 is 0 Å². The Balaban J connectivity index is 2.14. The van der Waals surface area contributed by atoms with Crippen LogP contribution in [0.4, 0.5) is 5.69 Å². The summed E-state index contributed by atoms with van der Waals surface area (Å²) in [6, 6.07) is 6.38. The maximum Gasteiger partial charge on any atom is 0.224 e. The van der Waals surface area contributed by atoms with E-state index in [4.69, 9.17) is 0 Å². The van der Waals surface area contributed by atoms with Gasteiger partial charge in [-0.1, -0.05) is 26.0 Å². The van der Waals surface area contributed by atoms with Gasteiger partial charge in [0.05, 0.1) is 0 Å². The fraction of sp³-hybridized carbons (Fsp3) is 0.533. The highest BCUT2D eigenvalue weighted by Crippen LogP contribution is 2.29. The zero-order chi connectivity index (χ0) is 13.9. The third-order valence-corrected chi connectivity index (χ3v) is 3.65. The molecule has 104 valence electrons. The Labute approximate surface area is 115 Å². The Hall–Kier alpha value is -1.39. The first-order valence-electron chi connectivity index (χ1n) is 6.81. The first kappa shape index (κ1) is 14.0. The molecule has 0 atom stereocenters. The first-order chi connectivity index (χ1) is 9.03. The average molecular weight is 261 g/mol. The zero-order valence-electron chi connectivity index (χ0n) is 12.0. The Kier molecular flexibility index (Phi) is 4.22. The number of benzene rings is 1. The first-order valence-corrected chi connectivity index (χ1v) is 6.81. The summed E-state index contributed by atoms with van der Waals surface area (Å²) < 4.78 is 0. The number of hydrogen-bond donors (Lipinski definition) is 3. The van der Waals surface area contributed by atoms with Crippen molar-refractivity contribution in [3.63, 3.8) is 0 Å². The minimum atomic E-state index is 0.0767. The second kappa shape index (κ2) is 5.72. The van der Waals surface area contributed by atoms with E-state index in [1.54, 1.807) is 0 Å². The van der Waals surface area contributed by atoms with E-state index in [9.17, 15) is 4.79 Å². The lowest BCUT2D eigenvalue weighted by atomic mass is 9.82. The largest absolute Gasteiger partial charge is 0.326 e. The van der Waals surface area contributed by atoms with Crippen molar-refractivity contribution in [2.24, 2.45) is 0 Å². The van der Waals surface area contributed by atoms with Crippen LogP contribution in [-0.4, -0.2) is 26.2 Å². The van der Waals surface area contributed by atoms with Crippen LogP contribution in [0.2, 0.25) is 0 Å². The summed E-state index contributed by atoms with van der Waals surface area (Å²) in [5.41, 5.74) is 3.61. The molecule has 0 unspecified atom stereocenters. The van der Waals surface area contributed by atoms with Crippen molar-refractivity contribution in [2.75, 3.05) is 25.6 Å². The second-order valence-corrected chi connectivity index (χ2v) is 5.76. The Bertz CT molecular complexity index is 468. The Morgan fingerprint density at radius 2 is 2.11 bits per heavy atom. The number of aryl methyl sites for hydroxylation is 1. The molecule has 0 saturated carbocycles. The number of fused-ring (bicyclic) bond motifs is 1. The molecule has 0 radical (unpaired) electrons. The van der Waals surface area contributed by atoms with Crippen LogP contribution in [0.25, 0.3) is 0 Å². The van der Waals surface area contributed by atoms with Crippen molar-refractivity contribution in [3.8, 4) is 0 Å². The molecule has 0 bridgehead atoms. The summed E-state index contributed by atoms with van der Waals surface area (Å²) in [5, 5.41) is 9.39. The van der Waals surface area contributed by atoms with Crippen LogP contribution in [0.15, 0.2) is 18.2 Å². The monoisotopic (exact) mass is 261 g/mol. The van der Waals surface area contributed by atoms with Gasteiger partial charge in [-0.2, -0.15) is 0 Å². The number of carbonyl (C=O) groups excluding carboxylic acids is 1. The normalized spacial score (nSPS) is 15.0. The van der Waals surface area contributed by atoms with Gasteiger partial charge < -0.3 is 16.0 Å². The standard InChI is InChI=1S/C15H23N3O/c1-15(2,9-17-10-16-3)12-5-6-13-11(8-12)4-7-14(19)18-13/h5-6,8,16-17H,4,7,9-10H2,1-3H3,(H,18,19). The third-order valence-electron chi connectivity index (χ3n) is 3.65. The summed E-state index contributed by atoms with van der Waals surface area (Å²) in [5.74, 6) is 0.121. The molecule has 1 aliphatic rings. The zero-order valence-corrected chi connectivity index (χ0v) is 12.0. The highest BCUT2D eigenvalue weighted by molar-refractivity contribution is 5.93. The number of nitrogens with one attached hydrogen (secondary N) is 3. The van der Waals surface area contributed by atoms with E-state index in [2.05, 4.69) is 41.9 Å². The molecule has 0 fully saturated rings. The Morgan fingerprint density at radius 3 is 2.84 bits per heavy atom. The predicted octanol–water partition coefficient (Wildman–Crippen LogP) is 1.62. The van der Waals surface area contributed by atoms with Gasteiger partial charge in [0.2, 0.25) is 5.91 Å². The van der Waals surface area contributed by atoms with E-state index >= 15 is 0 Å². The summed E-state index contributed by atoms with van der Waals surface area (Å²) >= 11 is 0. The SMILES string of the molecule is CNCNCC(C)(C)c1ccc2c(c1)CCC(=O)N2. The van der Waals surface area contributed by atoms with Crippen molar-refractivity contribution in [3.05, 3.63) is 29.3 Å². The van der Waals surface area contributed by atoms with Crippen LogP contribution in [0, 0.1) is 0 Å². The number of amides is 1. The van der Waals surface area contributed by atoms with Crippen LogP contribution < -0.4 is 16.0 Å². The molecule has 1 heterocycles. The topological polar surface area (TPSA) is 53.2 Å². The number of rotatable bonds is 5. The van der Waals surface area contributed by atoms with Crippen molar-refractivity contribution in [2.45, 2.75) is 32.1 Å². The highest BCUT2D eigenvalue weighted by Gasteiger charge is 2.22. The van der Waals surface area contributed by atoms with Gasteiger partial charge in [-0.05, 0) is 30.7 Å². The molecular formula is C15H23N3O. The molecule has 4 nitrogen and oxygen atoms in total. The molecule has 0 saturated heterocycles. The van der Waals surface area contributed by atoms with E-state index in [-0.39, 0.29) is 11.3 Å². The highest BCUT2D eigenvalue weighted by atomic mass is 16.1. The summed E-state index contributed by atoms with van der Waals surface area (Å²) in [6.45, 7) is 6.20. The smallest absolute Gasteiger partial charge is 0.224 e. The molecule has 0 aromatic heterocycles. The predicted molar refractivity (Wildman–Crippen MR) is 78.3 cm³/mol. The van der Waals surface area contributed by atoms with Crippen molar-refractivity contribution in [1.29, 1.82) is 0 Å². The van der Waals surface area contributed by atoms with Gasteiger partial charge in [0, 0.05) is 30.7 Å². The van der Waals surface area contributed by atoms with Crippen molar-refractivity contribution in [1.82, 2.24) is 10.6 Å². The maximum atomic E-state index is 11.4. The molecule has 4 heteroatoms. The minimum absolute atomic E-state index is 0.0767. The molecule has 1 aromatic carbocycles. The molecule has 3 N–H and O–H groups in total. The van der Waals surface area contributed by atoms with E-state index in [1.807, 2.05) is 13.1 Å². The second-order valence-electron chi connectivity index (χ2n) is 5.76. The molecule has 2 rings (SSSR count). The summed E-state index contributed by atoms with van der Waals surface area (Å²) in [4.78, 5) is 11.4. The number of hydrogen-bond acceptors (Lipinski definition) is 3. The van der Waals surface area contributed by atoms with Gasteiger partial charge in [-0.3, -0.25) is 4.79 Å². The van der Waals surface area contributed by atoms with Crippen LogP contribution in [0.5, 0.6) is 0 Å². The van der Waals surface area contributed by atoms with E-state index in [0.29, 0.717) is 6.42 Å². The van der Waals surface area contributed by atoms with Gasteiger partial charge in [-0.25, -0.2) is 0 Å². The van der Waals surface area contributed by atoms with Gasteiger partial charge >= 0.3 is 0 Å². The molecular weight excluding hydrogens is 238 g/mol. The number of anilines is 1. The molecule has 1 amide bonds. The lowest BCUT2D eigenvalue weighted by molar-refractivity contribution is -0.116. The fourth-order valence-corrected chi connectivity index (χ4v) is 2.41. The Morgan fingerprint density at radius 1 is 1.32 bits per heavy atom. The molecule has 0 aliphatic carbocycles. The van der Waals surface area contributed by atoms with E-state index in [0.717, 1.165) is 25.3 Å². The van der Waals surface area contributed by atoms with Gasteiger partial charge in [0.15, 0.2) is 0 Å². The van der Waals surface area contributed by atoms with Gasteiger partial charge in [-0.15, -0.1) is 0 Å². The summed E-state index contributed by atoms with van der Waals surface area (Å²) in [6.07, 6.45) is 1.43. The lowest BCUT2D eigenvalue weighted by Gasteiger charge is -2.28. The van der Waals surface area contributed by atoms with Crippen LogP contribution in [0.3, 0.4) is 0 Å². The lowest BCUT2D eigenvalue weighted by Crippen LogP contribution is -2.37. The van der Waals surface area contributed by atoms with E-state index in [1.165, 1.54) is 11.1 Å². The number of carbonyl (C=O) groups is 1. The van der Waals surface area contributed by atoms with Crippen LogP contribution in [0.1, 0.15) is 31.4 Å².